The van der Waals surface area contributed by atoms with Crippen LogP contribution in [-0.4, -0.2) is 37.6 Å². The van der Waals surface area contributed by atoms with E-state index in [1.54, 1.807) is 0 Å². The molecule has 2 saturated heterocycles. The van der Waals surface area contributed by atoms with Crippen molar-refractivity contribution >= 4 is 5.78 Å². The first kappa shape index (κ1) is 11.9. The molecule has 0 aromatic rings. The van der Waals surface area contributed by atoms with Crippen molar-refractivity contribution in [3.8, 4) is 0 Å². The highest BCUT2D eigenvalue weighted by molar-refractivity contribution is 5.84. The second-order valence-corrected chi connectivity index (χ2v) is 4.54. The third-order valence-electron chi connectivity index (χ3n) is 3.51. The lowest BCUT2D eigenvalue weighted by atomic mass is 9.79. The van der Waals surface area contributed by atoms with Crippen LogP contribution >= 0.6 is 0 Å². The summed E-state index contributed by atoms with van der Waals surface area (Å²) < 4.78 is 35.6. The van der Waals surface area contributed by atoms with Crippen molar-refractivity contribution in [3.05, 3.63) is 0 Å². The van der Waals surface area contributed by atoms with E-state index in [1.807, 2.05) is 0 Å². The standard InChI is InChI=1S/C11H16F2O3/c12-10(13)9(14)8-1-4-16-11(7-8)2-5-15-6-3-11/h8,10H,1-7H2. The molecule has 1 spiro atoms. The van der Waals surface area contributed by atoms with E-state index in [0.717, 1.165) is 0 Å². The van der Waals surface area contributed by atoms with Crippen LogP contribution in [0.25, 0.3) is 0 Å². The second-order valence-electron chi connectivity index (χ2n) is 4.54. The summed E-state index contributed by atoms with van der Waals surface area (Å²) in [6, 6.07) is 0. The SMILES string of the molecule is O=C(C(F)F)C1CCOC2(CCOCC2)C1. The molecule has 2 aliphatic heterocycles. The van der Waals surface area contributed by atoms with E-state index >= 15 is 0 Å². The fourth-order valence-electron chi connectivity index (χ4n) is 2.54. The zero-order valence-corrected chi connectivity index (χ0v) is 9.09. The molecule has 0 aromatic carbocycles. The molecule has 0 aromatic heterocycles. The predicted octanol–water partition coefficient (Wildman–Crippen LogP) is 1.80. The van der Waals surface area contributed by atoms with Gasteiger partial charge in [0.05, 0.1) is 5.60 Å². The van der Waals surface area contributed by atoms with E-state index in [0.29, 0.717) is 45.5 Å². The number of ether oxygens (including phenoxy) is 2. The van der Waals surface area contributed by atoms with Gasteiger partial charge in [0, 0.05) is 25.7 Å². The summed E-state index contributed by atoms with van der Waals surface area (Å²) >= 11 is 0. The molecule has 2 rings (SSSR count). The number of Topliss-reactive ketones (excluding diaryl/α,β-unsaturated/α-hetero) is 1. The van der Waals surface area contributed by atoms with E-state index in [9.17, 15) is 13.6 Å². The summed E-state index contributed by atoms with van der Waals surface area (Å²) in [6.45, 7) is 1.59. The van der Waals surface area contributed by atoms with Gasteiger partial charge in [0.1, 0.15) is 0 Å². The van der Waals surface area contributed by atoms with Gasteiger partial charge >= 0.3 is 0 Å². The molecule has 5 heteroatoms. The normalized spacial score (nSPS) is 29.6. The Kier molecular flexibility index (Phi) is 3.54. The Morgan fingerprint density at radius 2 is 1.94 bits per heavy atom. The Balaban J connectivity index is 2.00. The fourth-order valence-corrected chi connectivity index (χ4v) is 2.54. The van der Waals surface area contributed by atoms with E-state index in [-0.39, 0.29) is 5.60 Å². The molecule has 0 bridgehead atoms. The molecule has 1 unspecified atom stereocenters. The lowest BCUT2D eigenvalue weighted by molar-refractivity contribution is -0.162. The third kappa shape index (κ3) is 2.40. The summed E-state index contributed by atoms with van der Waals surface area (Å²) in [6.07, 6.45) is -0.578. The van der Waals surface area contributed by atoms with Gasteiger partial charge in [-0.3, -0.25) is 4.79 Å². The Hall–Kier alpha value is -0.550. The number of ketones is 1. The van der Waals surface area contributed by atoms with Crippen molar-refractivity contribution in [1.29, 1.82) is 0 Å². The molecule has 0 saturated carbocycles. The van der Waals surface area contributed by atoms with Crippen LogP contribution in [0, 0.1) is 5.92 Å². The quantitative estimate of drug-likeness (QED) is 0.730. The van der Waals surface area contributed by atoms with Gasteiger partial charge in [-0.1, -0.05) is 0 Å². The van der Waals surface area contributed by atoms with Crippen LogP contribution in [0.5, 0.6) is 0 Å². The van der Waals surface area contributed by atoms with Crippen molar-refractivity contribution < 1.29 is 23.0 Å². The minimum Gasteiger partial charge on any atom is -0.381 e. The first-order chi connectivity index (χ1) is 7.63. The van der Waals surface area contributed by atoms with Crippen LogP contribution in [0.15, 0.2) is 0 Å². The maximum atomic E-state index is 12.4. The number of alkyl halides is 2. The second kappa shape index (κ2) is 4.75. The maximum absolute atomic E-state index is 12.4. The number of carbonyl (C=O) groups is 1. The molecule has 2 heterocycles. The van der Waals surface area contributed by atoms with Gasteiger partial charge in [-0.15, -0.1) is 0 Å². The summed E-state index contributed by atoms with van der Waals surface area (Å²) in [7, 11) is 0. The molecule has 2 fully saturated rings. The minimum atomic E-state index is -2.85. The number of hydrogen-bond donors (Lipinski definition) is 0. The molecule has 3 nitrogen and oxygen atoms in total. The van der Waals surface area contributed by atoms with Gasteiger partial charge in [0.15, 0.2) is 0 Å². The van der Waals surface area contributed by atoms with Crippen LogP contribution < -0.4 is 0 Å². The first-order valence-electron chi connectivity index (χ1n) is 5.67. The molecular weight excluding hydrogens is 218 g/mol. The third-order valence-corrected chi connectivity index (χ3v) is 3.51. The van der Waals surface area contributed by atoms with E-state index < -0.39 is 18.1 Å². The summed E-state index contributed by atoms with van der Waals surface area (Å²) in [4.78, 5) is 11.3. The smallest absolute Gasteiger partial charge is 0.296 e. The van der Waals surface area contributed by atoms with E-state index in [1.165, 1.54) is 0 Å². The number of carbonyl (C=O) groups excluding carboxylic acids is 1. The Morgan fingerprint density at radius 1 is 1.25 bits per heavy atom. The number of rotatable bonds is 2. The number of halogens is 2. The average molecular weight is 234 g/mol. The predicted molar refractivity (Wildman–Crippen MR) is 52.5 cm³/mol. The molecule has 0 radical (unpaired) electrons. The van der Waals surface area contributed by atoms with Gasteiger partial charge in [0.25, 0.3) is 6.43 Å². The average Bonchev–Trinajstić information content (AvgIpc) is 2.29. The summed E-state index contributed by atoms with van der Waals surface area (Å²) in [5, 5.41) is 0. The highest BCUT2D eigenvalue weighted by Crippen LogP contribution is 2.37. The highest BCUT2D eigenvalue weighted by atomic mass is 19.3. The van der Waals surface area contributed by atoms with Crippen LogP contribution in [-0.2, 0) is 14.3 Å². The Bertz CT molecular complexity index is 256. The summed E-state index contributed by atoms with van der Waals surface area (Å²) in [5.74, 6) is -1.46. The van der Waals surface area contributed by atoms with Gasteiger partial charge < -0.3 is 9.47 Å². The van der Waals surface area contributed by atoms with Crippen molar-refractivity contribution in [1.82, 2.24) is 0 Å². The van der Waals surface area contributed by atoms with Gasteiger partial charge in [-0.2, -0.15) is 0 Å². The molecule has 0 N–H and O–H groups in total. The van der Waals surface area contributed by atoms with Crippen molar-refractivity contribution in [3.63, 3.8) is 0 Å². The molecule has 2 aliphatic rings. The topological polar surface area (TPSA) is 35.5 Å². The Morgan fingerprint density at radius 3 is 2.56 bits per heavy atom. The fraction of sp³-hybridized carbons (Fsp3) is 0.909. The maximum Gasteiger partial charge on any atom is 0.296 e. The molecule has 1 atom stereocenters. The lowest BCUT2D eigenvalue weighted by Gasteiger charge is -2.42. The lowest BCUT2D eigenvalue weighted by Crippen LogP contribution is -2.46. The first-order valence-corrected chi connectivity index (χ1v) is 5.67. The Labute approximate surface area is 93.1 Å². The van der Waals surface area contributed by atoms with Crippen LogP contribution in [0.1, 0.15) is 25.7 Å². The van der Waals surface area contributed by atoms with Crippen molar-refractivity contribution in [2.45, 2.75) is 37.7 Å². The molecular formula is C11H16F2O3. The molecule has 16 heavy (non-hydrogen) atoms. The van der Waals surface area contributed by atoms with Gasteiger partial charge in [-0.05, 0) is 25.7 Å². The monoisotopic (exact) mass is 234 g/mol. The van der Waals surface area contributed by atoms with Gasteiger partial charge in [0.2, 0.25) is 5.78 Å². The summed E-state index contributed by atoms with van der Waals surface area (Å²) in [5.41, 5.74) is -0.383. The van der Waals surface area contributed by atoms with Crippen molar-refractivity contribution in [2.24, 2.45) is 5.92 Å². The molecule has 0 aliphatic carbocycles. The zero-order valence-electron chi connectivity index (χ0n) is 9.09. The molecule has 0 amide bonds. The number of hydrogen-bond acceptors (Lipinski definition) is 3. The van der Waals surface area contributed by atoms with Crippen molar-refractivity contribution in [2.75, 3.05) is 19.8 Å². The van der Waals surface area contributed by atoms with E-state index in [4.69, 9.17) is 9.47 Å². The largest absolute Gasteiger partial charge is 0.381 e. The minimum absolute atomic E-state index is 0.383. The zero-order chi connectivity index (χ0) is 11.6. The van der Waals surface area contributed by atoms with Crippen LogP contribution in [0.4, 0.5) is 8.78 Å². The van der Waals surface area contributed by atoms with Crippen LogP contribution in [0.3, 0.4) is 0 Å². The van der Waals surface area contributed by atoms with Gasteiger partial charge in [-0.25, -0.2) is 8.78 Å². The van der Waals surface area contributed by atoms with E-state index in [2.05, 4.69) is 0 Å². The van der Waals surface area contributed by atoms with Crippen LogP contribution in [0.2, 0.25) is 0 Å². The molecule has 92 valence electrons. The highest BCUT2D eigenvalue weighted by Gasteiger charge is 2.42.